The Hall–Kier alpha value is -3.11. The number of rotatable bonds is 5. The van der Waals surface area contributed by atoms with Crippen LogP contribution in [0.5, 0.6) is 5.75 Å². The number of para-hydroxylation sites is 1. The zero-order valence-electron chi connectivity index (χ0n) is 18.5. The van der Waals surface area contributed by atoms with Gasteiger partial charge in [-0.2, -0.15) is 13.2 Å². The van der Waals surface area contributed by atoms with E-state index in [1.165, 1.54) is 25.3 Å². The van der Waals surface area contributed by atoms with Crippen LogP contribution in [0.2, 0.25) is 5.02 Å². The molecule has 7 nitrogen and oxygen atoms in total. The molecule has 3 aromatic rings. The highest BCUT2D eigenvalue weighted by molar-refractivity contribution is 6.30. The maximum absolute atomic E-state index is 13.9. The van der Waals surface area contributed by atoms with Crippen molar-refractivity contribution >= 4 is 17.6 Å². The van der Waals surface area contributed by atoms with E-state index in [9.17, 15) is 18.0 Å². The molecule has 0 saturated carbocycles. The molecule has 1 aromatic heterocycles. The van der Waals surface area contributed by atoms with Gasteiger partial charge in [0.15, 0.2) is 5.82 Å². The summed E-state index contributed by atoms with van der Waals surface area (Å²) in [5.74, 6) is -1.55. The quantitative estimate of drug-likeness (QED) is 0.443. The predicted octanol–water partition coefficient (Wildman–Crippen LogP) is 5.37. The molecule has 0 spiro atoms. The summed E-state index contributed by atoms with van der Waals surface area (Å²) < 4.78 is 59.6. The van der Waals surface area contributed by atoms with Gasteiger partial charge in [0.05, 0.1) is 25.8 Å². The Morgan fingerprint density at radius 3 is 2.65 bits per heavy atom. The minimum absolute atomic E-state index is 0.108. The van der Waals surface area contributed by atoms with Gasteiger partial charge < -0.3 is 14.2 Å². The van der Waals surface area contributed by atoms with Gasteiger partial charge in [-0.05, 0) is 37.6 Å². The average Bonchev–Trinajstić information content (AvgIpc) is 3.17. The van der Waals surface area contributed by atoms with E-state index in [2.05, 4.69) is 10.2 Å². The van der Waals surface area contributed by atoms with Crippen molar-refractivity contribution in [1.82, 2.24) is 14.8 Å². The van der Waals surface area contributed by atoms with Crippen molar-refractivity contribution in [3.63, 3.8) is 0 Å². The molecule has 11 heteroatoms. The number of fused-ring (bicyclic) bond motifs is 3. The second-order valence-electron chi connectivity index (χ2n) is 7.63. The minimum atomic E-state index is -4.81. The van der Waals surface area contributed by atoms with Gasteiger partial charge in [0, 0.05) is 16.1 Å². The molecule has 1 aliphatic rings. The van der Waals surface area contributed by atoms with Crippen LogP contribution in [0.15, 0.2) is 36.4 Å². The number of ether oxygens (including phenoxy) is 3. The van der Waals surface area contributed by atoms with Crippen LogP contribution in [0.4, 0.5) is 13.2 Å². The maximum Gasteiger partial charge on any atom is 0.452 e. The number of methoxy groups -OCH3 is 1. The minimum Gasteiger partial charge on any atom is -0.496 e. The van der Waals surface area contributed by atoms with E-state index in [0.717, 1.165) is 10.1 Å². The summed E-state index contributed by atoms with van der Waals surface area (Å²) in [4.78, 5) is 12.4. The van der Waals surface area contributed by atoms with Crippen LogP contribution in [0, 0.1) is 6.92 Å². The van der Waals surface area contributed by atoms with Crippen molar-refractivity contribution in [1.29, 1.82) is 0 Å². The highest BCUT2D eigenvalue weighted by Crippen LogP contribution is 2.46. The smallest absolute Gasteiger partial charge is 0.452 e. The number of carbonyl (C=O) groups is 1. The molecule has 2 heterocycles. The third kappa shape index (κ3) is 4.35. The zero-order chi connectivity index (χ0) is 24.6. The van der Waals surface area contributed by atoms with Gasteiger partial charge in [0.2, 0.25) is 5.82 Å². The molecule has 34 heavy (non-hydrogen) atoms. The van der Waals surface area contributed by atoms with E-state index in [-0.39, 0.29) is 24.5 Å². The summed E-state index contributed by atoms with van der Waals surface area (Å²) in [5, 5.41) is 7.46. The number of hydrogen-bond acceptors (Lipinski definition) is 6. The third-order valence-corrected chi connectivity index (χ3v) is 5.66. The first kappa shape index (κ1) is 24.0. The monoisotopic (exact) mass is 495 g/mol. The lowest BCUT2D eigenvalue weighted by molar-refractivity contribution is -0.147. The van der Waals surface area contributed by atoms with Crippen molar-refractivity contribution in [3.8, 4) is 11.4 Å². The van der Waals surface area contributed by atoms with Gasteiger partial charge in [-0.3, -0.25) is 9.36 Å². The third-order valence-electron chi connectivity index (χ3n) is 5.43. The van der Waals surface area contributed by atoms with E-state index in [1.807, 2.05) is 13.0 Å². The average molecular weight is 496 g/mol. The number of halogens is 4. The Balaban J connectivity index is 2.00. The van der Waals surface area contributed by atoms with Crippen LogP contribution in [-0.2, 0) is 20.4 Å². The van der Waals surface area contributed by atoms with E-state index < -0.39 is 30.2 Å². The van der Waals surface area contributed by atoms with Gasteiger partial charge in [-0.25, -0.2) is 0 Å². The number of aryl methyl sites for hydroxylation is 1. The number of esters is 1. The molecule has 0 amide bonds. The second-order valence-corrected chi connectivity index (χ2v) is 8.07. The van der Waals surface area contributed by atoms with Gasteiger partial charge in [0.25, 0.3) is 0 Å². The Morgan fingerprint density at radius 1 is 1.21 bits per heavy atom. The standard InChI is InChI=1S/C23H21ClF3N3O4/c1-4-33-18(31)11-17-21-28-29-22(23(25,26)27)30(21)16-9-8-13(24)10-15(16)20(34-17)14-7-5-6-12(2)19(14)32-3/h5-10,17,20H,4,11H2,1-3H3/t17-,20-/m1/s1. The SMILES string of the molecule is CCOC(=O)C[C@H]1O[C@H](c2cccc(C)c2OC)c2cc(Cl)ccc2-n2c1nnc2C(F)(F)F. The summed E-state index contributed by atoms with van der Waals surface area (Å²) in [6, 6.07) is 9.82. The molecule has 1 aliphatic heterocycles. The lowest BCUT2D eigenvalue weighted by Gasteiger charge is -2.24. The number of aromatic nitrogens is 3. The molecule has 2 atom stereocenters. The highest BCUT2D eigenvalue weighted by atomic mass is 35.5. The largest absolute Gasteiger partial charge is 0.496 e. The van der Waals surface area contributed by atoms with Crippen LogP contribution in [0.3, 0.4) is 0 Å². The summed E-state index contributed by atoms with van der Waals surface area (Å²) in [5.41, 5.74) is 1.84. The molecule has 180 valence electrons. The molecule has 0 N–H and O–H groups in total. The van der Waals surface area contributed by atoms with Crippen LogP contribution in [-0.4, -0.2) is 34.5 Å². The molecule has 0 radical (unpaired) electrons. The first-order chi connectivity index (χ1) is 16.2. The molecule has 2 aromatic carbocycles. The van der Waals surface area contributed by atoms with Gasteiger partial charge in [-0.1, -0.05) is 29.8 Å². The molecule has 0 aliphatic carbocycles. The van der Waals surface area contributed by atoms with Crippen LogP contribution in [0.25, 0.3) is 5.69 Å². The summed E-state index contributed by atoms with van der Waals surface area (Å²) in [7, 11) is 1.49. The van der Waals surface area contributed by atoms with Gasteiger partial charge in [0.1, 0.15) is 18.0 Å². The summed E-state index contributed by atoms with van der Waals surface area (Å²) in [6.45, 7) is 3.58. The van der Waals surface area contributed by atoms with E-state index in [1.54, 1.807) is 19.1 Å². The van der Waals surface area contributed by atoms with E-state index in [0.29, 0.717) is 21.9 Å². The van der Waals surface area contributed by atoms with Crippen molar-refractivity contribution in [2.45, 2.75) is 38.7 Å². The normalized spacial score (nSPS) is 17.5. The fourth-order valence-corrected chi connectivity index (χ4v) is 4.26. The summed E-state index contributed by atoms with van der Waals surface area (Å²) in [6.07, 6.45) is -7.29. The molecule has 0 bridgehead atoms. The van der Waals surface area contributed by atoms with Gasteiger partial charge in [-0.15, -0.1) is 10.2 Å². The maximum atomic E-state index is 13.9. The first-order valence-electron chi connectivity index (χ1n) is 10.4. The number of carbonyl (C=O) groups excluding carboxylic acids is 1. The second kappa shape index (κ2) is 9.27. The summed E-state index contributed by atoms with van der Waals surface area (Å²) >= 11 is 6.26. The lowest BCUT2D eigenvalue weighted by Crippen LogP contribution is -2.18. The van der Waals surface area contributed by atoms with E-state index >= 15 is 0 Å². The number of alkyl halides is 3. The van der Waals surface area contributed by atoms with Crippen molar-refractivity contribution in [2.24, 2.45) is 0 Å². The molecule has 0 unspecified atom stereocenters. The Labute approximate surface area is 198 Å². The van der Waals surface area contributed by atoms with Crippen molar-refractivity contribution < 1.29 is 32.2 Å². The zero-order valence-corrected chi connectivity index (χ0v) is 19.3. The van der Waals surface area contributed by atoms with Crippen molar-refractivity contribution in [2.75, 3.05) is 13.7 Å². The molecule has 0 fully saturated rings. The first-order valence-corrected chi connectivity index (χ1v) is 10.8. The Kier molecular flexibility index (Phi) is 6.55. The number of hydrogen-bond donors (Lipinski definition) is 0. The van der Waals surface area contributed by atoms with Crippen LogP contribution in [0.1, 0.15) is 53.9 Å². The van der Waals surface area contributed by atoms with Crippen LogP contribution >= 0.6 is 11.6 Å². The Bertz CT molecular complexity index is 1230. The fraction of sp³-hybridized carbons (Fsp3) is 0.348. The predicted molar refractivity (Wildman–Crippen MR) is 116 cm³/mol. The molecule has 0 saturated heterocycles. The molecular weight excluding hydrogens is 475 g/mol. The highest BCUT2D eigenvalue weighted by Gasteiger charge is 2.43. The number of benzene rings is 2. The van der Waals surface area contributed by atoms with E-state index in [4.69, 9.17) is 25.8 Å². The van der Waals surface area contributed by atoms with Crippen molar-refractivity contribution in [3.05, 3.63) is 69.8 Å². The molecule has 4 rings (SSSR count). The molecular formula is C23H21ClF3N3O4. The topological polar surface area (TPSA) is 75.5 Å². The Morgan fingerprint density at radius 2 is 1.97 bits per heavy atom. The van der Waals surface area contributed by atoms with Gasteiger partial charge >= 0.3 is 12.1 Å². The fourth-order valence-electron chi connectivity index (χ4n) is 4.08. The number of nitrogens with zero attached hydrogens (tertiary/aromatic N) is 3. The lowest BCUT2D eigenvalue weighted by atomic mass is 9.97. The van der Waals surface area contributed by atoms with Crippen LogP contribution < -0.4 is 4.74 Å².